The molecule has 2 aromatic carbocycles. The van der Waals surface area contributed by atoms with Gasteiger partial charge in [0.1, 0.15) is 5.75 Å². The van der Waals surface area contributed by atoms with E-state index < -0.39 is 10.3 Å². The van der Waals surface area contributed by atoms with Gasteiger partial charge in [0.25, 0.3) is 0 Å². The summed E-state index contributed by atoms with van der Waals surface area (Å²) < 4.78 is 26.2. The molecule has 0 aliphatic rings. The molecule has 0 amide bonds. The number of nitrogens with zero attached hydrogens (tertiary/aromatic N) is 1. The first kappa shape index (κ1) is 14.1. The van der Waals surface area contributed by atoms with Crippen LogP contribution in [-0.4, -0.2) is 8.42 Å². The van der Waals surface area contributed by atoms with E-state index >= 15 is 0 Å². The number of benzene rings is 2. The van der Waals surface area contributed by atoms with Gasteiger partial charge in [0.15, 0.2) is 0 Å². The van der Waals surface area contributed by atoms with Gasteiger partial charge in [-0.05, 0) is 28.8 Å². The molecule has 0 saturated heterocycles. The SMILES string of the molecule is N#CCc1cccc(-c2ccc(OS(N)(=O)=O)cc2)c1. The molecule has 5 nitrogen and oxygen atoms in total. The minimum atomic E-state index is -4.00. The molecule has 0 aliphatic heterocycles. The number of rotatable bonds is 4. The van der Waals surface area contributed by atoms with Gasteiger partial charge in [-0.1, -0.05) is 36.4 Å². The van der Waals surface area contributed by atoms with E-state index in [-0.39, 0.29) is 5.75 Å². The first-order chi connectivity index (χ1) is 9.48. The van der Waals surface area contributed by atoms with Crippen LogP contribution in [0.15, 0.2) is 48.5 Å². The van der Waals surface area contributed by atoms with Crippen LogP contribution in [0, 0.1) is 11.3 Å². The highest BCUT2D eigenvalue weighted by Gasteiger charge is 2.05. The van der Waals surface area contributed by atoms with Crippen molar-refractivity contribution >= 4 is 10.3 Å². The number of hydrogen-bond donors (Lipinski definition) is 1. The van der Waals surface area contributed by atoms with Gasteiger partial charge in [0, 0.05) is 0 Å². The maximum absolute atomic E-state index is 10.8. The molecular formula is C14H12N2O3S. The van der Waals surface area contributed by atoms with Crippen molar-refractivity contribution in [2.24, 2.45) is 5.14 Å². The summed E-state index contributed by atoms with van der Waals surface area (Å²) in [5, 5.41) is 13.5. The minimum Gasteiger partial charge on any atom is -0.371 e. The Hall–Kier alpha value is -2.36. The Morgan fingerprint density at radius 2 is 1.80 bits per heavy atom. The average Bonchev–Trinajstić information content (AvgIpc) is 2.38. The van der Waals surface area contributed by atoms with Gasteiger partial charge in [-0.3, -0.25) is 0 Å². The van der Waals surface area contributed by atoms with E-state index in [4.69, 9.17) is 10.4 Å². The van der Waals surface area contributed by atoms with Crippen LogP contribution in [0.25, 0.3) is 11.1 Å². The molecule has 0 fully saturated rings. The summed E-state index contributed by atoms with van der Waals surface area (Å²) in [5.74, 6) is 0.157. The van der Waals surface area contributed by atoms with Crippen molar-refractivity contribution in [3.05, 3.63) is 54.1 Å². The Morgan fingerprint density at radius 1 is 1.10 bits per heavy atom. The molecule has 102 valence electrons. The van der Waals surface area contributed by atoms with Gasteiger partial charge >= 0.3 is 10.3 Å². The Morgan fingerprint density at radius 3 is 2.40 bits per heavy atom. The van der Waals surface area contributed by atoms with Crippen LogP contribution in [0.5, 0.6) is 5.75 Å². The minimum absolute atomic E-state index is 0.157. The molecule has 2 aromatic rings. The monoisotopic (exact) mass is 288 g/mol. The lowest BCUT2D eigenvalue weighted by molar-refractivity contribution is 0.488. The van der Waals surface area contributed by atoms with Crippen molar-refractivity contribution in [1.29, 1.82) is 5.26 Å². The Bertz CT molecular complexity index is 747. The highest BCUT2D eigenvalue weighted by molar-refractivity contribution is 7.84. The summed E-state index contributed by atoms with van der Waals surface area (Å²) in [5.41, 5.74) is 2.77. The maximum atomic E-state index is 10.8. The zero-order valence-electron chi connectivity index (χ0n) is 10.5. The van der Waals surface area contributed by atoms with Crippen molar-refractivity contribution in [1.82, 2.24) is 0 Å². The molecule has 0 atom stereocenters. The van der Waals surface area contributed by atoms with Gasteiger partial charge < -0.3 is 4.18 Å². The van der Waals surface area contributed by atoms with Gasteiger partial charge in [-0.25, -0.2) is 0 Å². The second kappa shape index (κ2) is 5.74. The van der Waals surface area contributed by atoms with Gasteiger partial charge in [0.05, 0.1) is 12.5 Å². The highest BCUT2D eigenvalue weighted by atomic mass is 32.2. The molecule has 0 saturated carbocycles. The Kier molecular flexibility index (Phi) is 4.03. The van der Waals surface area contributed by atoms with Crippen LogP contribution in [0.1, 0.15) is 5.56 Å². The fourth-order valence-corrected chi connectivity index (χ4v) is 2.17. The van der Waals surface area contributed by atoms with E-state index in [0.29, 0.717) is 6.42 Å². The zero-order valence-corrected chi connectivity index (χ0v) is 11.3. The summed E-state index contributed by atoms with van der Waals surface area (Å²) in [4.78, 5) is 0. The second-order valence-corrected chi connectivity index (χ2v) is 5.29. The fraction of sp³-hybridized carbons (Fsp3) is 0.0714. The Labute approximate surface area is 117 Å². The lowest BCUT2D eigenvalue weighted by Gasteiger charge is -2.06. The predicted octanol–water partition coefficient (Wildman–Crippen LogP) is 2.00. The normalized spacial score (nSPS) is 10.8. The summed E-state index contributed by atoms with van der Waals surface area (Å²) in [7, 11) is -4.00. The molecule has 6 heteroatoms. The highest BCUT2D eigenvalue weighted by Crippen LogP contribution is 2.23. The molecule has 20 heavy (non-hydrogen) atoms. The molecule has 0 radical (unpaired) electrons. The quantitative estimate of drug-likeness (QED) is 0.931. The summed E-state index contributed by atoms with van der Waals surface area (Å²) in [6.07, 6.45) is 0.348. The molecule has 0 aliphatic carbocycles. The van der Waals surface area contributed by atoms with E-state index in [1.165, 1.54) is 12.1 Å². The van der Waals surface area contributed by atoms with Crippen LogP contribution < -0.4 is 9.32 Å². The van der Waals surface area contributed by atoms with Crippen molar-refractivity contribution in [2.45, 2.75) is 6.42 Å². The molecule has 2 N–H and O–H groups in total. The van der Waals surface area contributed by atoms with E-state index in [2.05, 4.69) is 10.3 Å². The molecule has 0 unspecified atom stereocenters. The third-order valence-electron chi connectivity index (χ3n) is 2.61. The van der Waals surface area contributed by atoms with Gasteiger partial charge in [-0.2, -0.15) is 18.8 Å². The van der Waals surface area contributed by atoms with Crippen molar-refractivity contribution in [3.8, 4) is 22.9 Å². The third-order valence-corrected chi connectivity index (χ3v) is 3.03. The predicted molar refractivity (Wildman–Crippen MR) is 74.9 cm³/mol. The molecule has 0 bridgehead atoms. The van der Waals surface area contributed by atoms with Crippen LogP contribution in [0.4, 0.5) is 0 Å². The molecule has 2 rings (SSSR count). The molecular weight excluding hydrogens is 276 g/mol. The summed E-state index contributed by atoms with van der Waals surface area (Å²) in [6, 6.07) is 16.2. The first-order valence-electron chi connectivity index (χ1n) is 5.76. The maximum Gasteiger partial charge on any atom is 0.380 e. The largest absolute Gasteiger partial charge is 0.380 e. The molecule has 0 aromatic heterocycles. The van der Waals surface area contributed by atoms with Crippen molar-refractivity contribution in [2.75, 3.05) is 0 Å². The van der Waals surface area contributed by atoms with Gasteiger partial charge in [-0.15, -0.1) is 0 Å². The van der Waals surface area contributed by atoms with Crippen LogP contribution in [0.2, 0.25) is 0 Å². The zero-order chi connectivity index (χ0) is 14.6. The van der Waals surface area contributed by atoms with Crippen LogP contribution >= 0.6 is 0 Å². The number of nitrogens with two attached hydrogens (primary N) is 1. The summed E-state index contributed by atoms with van der Waals surface area (Å²) in [6.45, 7) is 0. The standard InChI is InChI=1S/C14H12N2O3S/c15-9-8-11-2-1-3-13(10-11)12-4-6-14(7-5-12)19-20(16,17)18/h1-7,10H,8H2,(H2,16,17,18). The van der Waals surface area contributed by atoms with E-state index in [1.54, 1.807) is 12.1 Å². The lowest BCUT2D eigenvalue weighted by atomic mass is 10.0. The lowest BCUT2D eigenvalue weighted by Crippen LogP contribution is -2.18. The smallest absolute Gasteiger partial charge is 0.371 e. The average molecular weight is 288 g/mol. The Balaban J connectivity index is 2.26. The van der Waals surface area contributed by atoms with E-state index in [0.717, 1.165) is 16.7 Å². The topological polar surface area (TPSA) is 93.2 Å². The second-order valence-electron chi connectivity index (χ2n) is 4.14. The van der Waals surface area contributed by atoms with Crippen molar-refractivity contribution < 1.29 is 12.6 Å². The van der Waals surface area contributed by atoms with Crippen LogP contribution in [-0.2, 0) is 16.7 Å². The summed E-state index contributed by atoms with van der Waals surface area (Å²) >= 11 is 0. The number of nitriles is 1. The van der Waals surface area contributed by atoms with Crippen molar-refractivity contribution in [3.63, 3.8) is 0 Å². The number of hydrogen-bond acceptors (Lipinski definition) is 4. The molecule has 0 spiro atoms. The van der Waals surface area contributed by atoms with E-state index in [1.807, 2.05) is 24.3 Å². The first-order valence-corrected chi connectivity index (χ1v) is 7.23. The fourth-order valence-electron chi connectivity index (χ4n) is 1.79. The third kappa shape index (κ3) is 3.82. The van der Waals surface area contributed by atoms with E-state index in [9.17, 15) is 8.42 Å². The van der Waals surface area contributed by atoms with Crippen LogP contribution in [0.3, 0.4) is 0 Å². The molecule has 0 heterocycles. The van der Waals surface area contributed by atoms with Gasteiger partial charge in [0.2, 0.25) is 0 Å².